The number of anilines is 2. The summed E-state index contributed by atoms with van der Waals surface area (Å²) in [6, 6.07) is 9.34. The van der Waals surface area contributed by atoms with Crippen LogP contribution in [0.25, 0.3) is 11.1 Å². The number of hydrogen-bond acceptors (Lipinski definition) is 7. The maximum atomic E-state index is 13.9. The van der Waals surface area contributed by atoms with Crippen molar-refractivity contribution in [2.24, 2.45) is 11.1 Å². The minimum absolute atomic E-state index is 0.0547. The predicted molar refractivity (Wildman–Crippen MR) is 116 cm³/mol. The van der Waals surface area contributed by atoms with Crippen LogP contribution >= 0.6 is 23.3 Å². The standard InChI is InChI=1S/C20H20FN5OS2/c1-12-19(29-22)28-20(24-12)25(2)18(27)14-10-26(11-14)15-5-3-13(4-6-15)16-7-8-23-9-17(16)21/h3-9,14H,10-11,22H2,1-2H3. The number of thiazole rings is 1. The molecule has 0 spiro atoms. The zero-order valence-corrected chi connectivity index (χ0v) is 17.6. The number of amides is 1. The van der Waals surface area contributed by atoms with Gasteiger partial charge in [-0.15, -0.1) is 0 Å². The van der Waals surface area contributed by atoms with Crippen molar-refractivity contribution in [3.05, 3.63) is 54.2 Å². The zero-order valence-electron chi connectivity index (χ0n) is 16.0. The predicted octanol–water partition coefficient (Wildman–Crippen LogP) is 3.72. The van der Waals surface area contributed by atoms with Gasteiger partial charge in [-0.25, -0.2) is 9.37 Å². The lowest BCUT2D eigenvalue weighted by atomic mass is 9.97. The molecule has 6 nitrogen and oxygen atoms in total. The first-order valence-corrected chi connectivity index (χ1v) is 10.7. The summed E-state index contributed by atoms with van der Waals surface area (Å²) in [5.74, 6) is -0.360. The summed E-state index contributed by atoms with van der Waals surface area (Å²) in [4.78, 5) is 24.7. The number of aryl methyl sites for hydroxylation is 1. The molecule has 4 rings (SSSR count). The van der Waals surface area contributed by atoms with Gasteiger partial charge < -0.3 is 4.90 Å². The zero-order chi connectivity index (χ0) is 20.5. The summed E-state index contributed by atoms with van der Waals surface area (Å²) in [5.41, 5.74) is 3.19. The summed E-state index contributed by atoms with van der Waals surface area (Å²) in [5, 5.41) is 6.30. The SMILES string of the molecule is Cc1nc(N(C)C(=O)C2CN(c3ccc(-c4ccncc4F)cc3)C2)sc1SN. The second kappa shape index (κ2) is 8.10. The number of benzene rings is 1. The number of nitrogens with two attached hydrogens (primary N) is 1. The summed E-state index contributed by atoms with van der Waals surface area (Å²) in [6.45, 7) is 3.18. The molecule has 9 heteroatoms. The van der Waals surface area contributed by atoms with Gasteiger partial charge in [0.05, 0.1) is 22.0 Å². The highest BCUT2D eigenvalue weighted by Gasteiger charge is 2.35. The lowest BCUT2D eigenvalue weighted by Gasteiger charge is -2.41. The minimum Gasteiger partial charge on any atom is -0.370 e. The molecule has 1 saturated heterocycles. The molecule has 1 aromatic carbocycles. The monoisotopic (exact) mass is 429 g/mol. The van der Waals surface area contributed by atoms with Crippen molar-refractivity contribution in [1.82, 2.24) is 9.97 Å². The Morgan fingerprint density at radius 3 is 2.66 bits per heavy atom. The molecule has 29 heavy (non-hydrogen) atoms. The molecule has 2 N–H and O–H groups in total. The van der Waals surface area contributed by atoms with Crippen LogP contribution in [0.5, 0.6) is 0 Å². The molecule has 3 aromatic rings. The molecule has 1 aliphatic heterocycles. The van der Waals surface area contributed by atoms with Crippen molar-refractivity contribution in [1.29, 1.82) is 0 Å². The quantitative estimate of drug-likeness (QED) is 0.623. The number of carbonyl (C=O) groups excluding carboxylic acids is 1. The van der Waals surface area contributed by atoms with Gasteiger partial charge in [0, 0.05) is 37.6 Å². The highest BCUT2D eigenvalue weighted by atomic mass is 32.2. The first-order chi connectivity index (χ1) is 14.0. The fourth-order valence-corrected chi connectivity index (χ4v) is 4.70. The fraction of sp³-hybridized carbons (Fsp3) is 0.250. The van der Waals surface area contributed by atoms with Crippen molar-refractivity contribution in [2.45, 2.75) is 11.1 Å². The van der Waals surface area contributed by atoms with Crippen molar-refractivity contribution < 1.29 is 9.18 Å². The van der Waals surface area contributed by atoms with Crippen molar-refractivity contribution >= 4 is 40.0 Å². The van der Waals surface area contributed by atoms with E-state index in [0.717, 1.165) is 33.1 Å². The van der Waals surface area contributed by atoms with Gasteiger partial charge in [0.15, 0.2) is 5.13 Å². The Morgan fingerprint density at radius 1 is 1.31 bits per heavy atom. The lowest BCUT2D eigenvalue weighted by Crippen LogP contribution is -2.54. The van der Waals surface area contributed by atoms with E-state index in [9.17, 15) is 9.18 Å². The van der Waals surface area contributed by atoms with E-state index in [-0.39, 0.29) is 17.6 Å². The first-order valence-electron chi connectivity index (χ1n) is 9.04. The number of carbonyl (C=O) groups is 1. The Kier molecular flexibility index (Phi) is 5.53. The van der Waals surface area contributed by atoms with E-state index in [1.807, 2.05) is 31.2 Å². The van der Waals surface area contributed by atoms with Crippen LogP contribution in [0.15, 0.2) is 46.9 Å². The smallest absolute Gasteiger partial charge is 0.235 e. The van der Waals surface area contributed by atoms with Crippen LogP contribution in [0.2, 0.25) is 0 Å². The Morgan fingerprint density at radius 2 is 2.03 bits per heavy atom. The first kappa shape index (κ1) is 19.8. The molecule has 3 heterocycles. The number of aromatic nitrogens is 2. The number of rotatable bonds is 5. The average molecular weight is 430 g/mol. The van der Waals surface area contributed by atoms with Gasteiger partial charge in [0.1, 0.15) is 5.82 Å². The minimum atomic E-state index is -0.341. The molecule has 150 valence electrons. The molecule has 0 radical (unpaired) electrons. The Hall–Kier alpha value is -2.49. The molecule has 0 atom stereocenters. The second-order valence-electron chi connectivity index (χ2n) is 6.89. The van der Waals surface area contributed by atoms with Crippen LogP contribution in [0.4, 0.5) is 15.2 Å². The highest BCUT2D eigenvalue weighted by molar-refractivity contribution is 7.99. The molecule has 1 fully saturated rings. The van der Waals surface area contributed by atoms with E-state index in [1.54, 1.807) is 24.2 Å². The maximum Gasteiger partial charge on any atom is 0.235 e. The Labute approximate surface area is 176 Å². The van der Waals surface area contributed by atoms with Crippen LogP contribution < -0.4 is 14.9 Å². The molecule has 2 aromatic heterocycles. The third-order valence-corrected chi connectivity index (χ3v) is 7.09. The second-order valence-corrected chi connectivity index (χ2v) is 8.77. The molecule has 0 bridgehead atoms. The van der Waals surface area contributed by atoms with Crippen LogP contribution in [-0.2, 0) is 4.79 Å². The lowest BCUT2D eigenvalue weighted by molar-refractivity contribution is -0.122. The fourth-order valence-electron chi connectivity index (χ4n) is 3.30. The molecular formula is C20H20FN5OS2. The third-order valence-electron chi connectivity index (χ3n) is 5.01. The van der Waals surface area contributed by atoms with Crippen molar-refractivity contribution in [3.63, 3.8) is 0 Å². The van der Waals surface area contributed by atoms with Crippen molar-refractivity contribution in [2.75, 3.05) is 29.9 Å². The molecule has 0 aliphatic carbocycles. The molecule has 1 aliphatic rings. The number of hydrogen-bond donors (Lipinski definition) is 1. The summed E-state index contributed by atoms with van der Waals surface area (Å²) in [6.07, 6.45) is 2.79. The van der Waals surface area contributed by atoms with Crippen LogP contribution in [0.1, 0.15) is 5.69 Å². The number of halogens is 1. The summed E-state index contributed by atoms with van der Waals surface area (Å²) >= 11 is 2.58. The topological polar surface area (TPSA) is 75.4 Å². The Bertz CT molecular complexity index is 1030. The van der Waals surface area contributed by atoms with E-state index in [4.69, 9.17) is 5.14 Å². The van der Waals surface area contributed by atoms with E-state index in [0.29, 0.717) is 23.8 Å². The summed E-state index contributed by atoms with van der Waals surface area (Å²) in [7, 11) is 1.76. The highest BCUT2D eigenvalue weighted by Crippen LogP contribution is 2.33. The Balaban J connectivity index is 1.39. The normalized spacial score (nSPS) is 14.0. The van der Waals surface area contributed by atoms with E-state index in [2.05, 4.69) is 14.9 Å². The van der Waals surface area contributed by atoms with E-state index < -0.39 is 0 Å². The molecular weight excluding hydrogens is 409 g/mol. The maximum absolute atomic E-state index is 13.9. The van der Waals surface area contributed by atoms with Gasteiger partial charge in [-0.3, -0.25) is 19.8 Å². The number of pyridine rings is 1. The summed E-state index contributed by atoms with van der Waals surface area (Å²) < 4.78 is 14.8. The van der Waals surface area contributed by atoms with Gasteiger partial charge in [-0.05, 0) is 42.6 Å². The van der Waals surface area contributed by atoms with Gasteiger partial charge >= 0.3 is 0 Å². The molecule has 0 saturated carbocycles. The van der Waals surface area contributed by atoms with Crippen molar-refractivity contribution in [3.8, 4) is 11.1 Å². The molecule has 0 unspecified atom stereocenters. The van der Waals surface area contributed by atoms with Crippen LogP contribution in [0, 0.1) is 18.7 Å². The van der Waals surface area contributed by atoms with E-state index in [1.165, 1.54) is 17.5 Å². The van der Waals surface area contributed by atoms with Crippen LogP contribution in [0.3, 0.4) is 0 Å². The van der Waals surface area contributed by atoms with Gasteiger partial charge in [-0.2, -0.15) is 0 Å². The molecule has 1 amide bonds. The van der Waals surface area contributed by atoms with Gasteiger partial charge in [-0.1, -0.05) is 23.5 Å². The van der Waals surface area contributed by atoms with Gasteiger partial charge in [0.2, 0.25) is 5.91 Å². The van der Waals surface area contributed by atoms with Gasteiger partial charge in [0.25, 0.3) is 0 Å². The third kappa shape index (κ3) is 3.85. The number of nitrogens with zero attached hydrogens (tertiary/aromatic N) is 4. The largest absolute Gasteiger partial charge is 0.370 e. The average Bonchev–Trinajstić information content (AvgIpc) is 3.08. The van der Waals surface area contributed by atoms with E-state index >= 15 is 0 Å². The van der Waals surface area contributed by atoms with Crippen LogP contribution in [-0.4, -0.2) is 36.0 Å².